The molecule has 0 amide bonds. The van der Waals surface area contributed by atoms with Gasteiger partial charge in [0.05, 0.1) is 25.7 Å². The molecule has 122 valence electrons. The highest BCUT2D eigenvalue weighted by Crippen LogP contribution is 2.30. The predicted octanol–water partition coefficient (Wildman–Crippen LogP) is 2.54. The second-order valence-electron chi connectivity index (χ2n) is 6.74. The summed E-state index contributed by atoms with van der Waals surface area (Å²) in [7, 11) is 0. The van der Waals surface area contributed by atoms with E-state index in [4.69, 9.17) is 0 Å². The number of nitrogens with zero attached hydrogens (tertiary/aromatic N) is 1. The van der Waals surface area contributed by atoms with Gasteiger partial charge in [0, 0.05) is 0 Å². The zero-order chi connectivity index (χ0) is 14.0. The average molecular weight is 288 g/mol. The molecule has 1 nitrogen and oxygen atoms in total. The SMILES string of the molecule is CCCC[N+](CCCC)(CCCC)C1CCCCC1.[F-]. The van der Waals surface area contributed by atoms with E-state index in [2.05, 4.69) is 20.8 Å². The Hall–Kier alpha value is -0.110. The number of unbranched alkanes of at least 4 members (excludes halogenated alkanes) is 3. The Morgan fingerprint density at radius 1 is 0.700 bits per heavy atom. The predicted molar refractivity (Wildman–Crippen MR) is 86.5 cm³/mol. The van der Waals surface area contributed by atoms with Crippen LogP contribution in [0.2, 0.25) is 0 Å². The van der Waals surface area contributed by atoms with Crippen LogP contribution in [0.3, 0.4) is 0 Å². The summed E-state index contributed by atoms with van der Waals surface area (Å²) in [5.74, 6) is 0. The molecule has 0 radical (unpaired) electrons. The lowest BCUT2D eigenvalue weighted by Gasteiger charge is -2.47. The fraction of sp³-hybridized carbons (Fsp3) is 1.00. The van der Waals surface area contributed by atoms with Crippen molar-refractivity contribution in [3.05, 3.63) is 0 Å². The normalized spacial score (nSPS) is 16.9. The van der Waals surface area contributed by atoms with Gasteiger partial charge in [0.15, 0.2) is 0 Å². The van der Waals surface area contributed by atoms with Gasteiger partial charge in [-0.05, 0) is 44.9 Å². The highest BCUT2D eigenvalue weighted by atomic mass is 19.0. The summed E-state index contributed by atoms with van der Waals surface area (Å²) < 4.78 is 1.48. The molecule has 0 aromatic carbocycles. The van der Waals surface area contributed by atoms with Crippen molar-refractivity contribution in [2.45, 2.75) is 97.4 Å². The van der Waals surface area contributed by atoms with E-state index in [1.54, 1.807) is 0 Å². The molecule has 1 aliphatic rings. The van der Waals surface area contributed by atoms with Gasteiger partial charge in [0.1, 0.15) is 0 Å². The van der Waals surface area contributed by atoms with Crippen molar-refractivity contribution in [3.8, 4) is 0 Å². The van der Waals surface area contributed by atoms with E-state index in [1.165, 1.54) is 94.7 Å². The first-order chi connectivity index (χ1) is 9.29. The van der Waals surface area contributed by atoms with E-state index in [9.17, 15) is 0 Å². The summed E-state index contributed by atoms with van der Waals surface area (Å²) in [5.41, 5.74) is 0. The van der Waals surface area contributed by atoms with Crippen LogP contribution in [0.25, 0.3) is 0 Å². The van der Waals surface area contributed by atoms with Gasteiger partial charge in [0.25, 0.3) is 0 Å². The number of hydrogen-bond donors (Lipinski definition) is 0. The molecule has 0 aromatic heterocycles. The Kier molecular flexibility index (Phi) is 11.5. The fourth-order valence-corrected chi connectivity index (χ4v) is 3.93. The van der Waals surface area contributed by atoms with Gasteiger partial charge in [0.2, 0.25) is 0 Å². The van der Waals surface area contributed by atoms with Crippen molar-refractivity contribution in [1.29, 1.82) is 0 Å². The highest BCUT2D eigenvalue weighted by molar-refractivity contribution is 4.68. The maximum absolute atomic E-state index is 2.36. The van der Waals surface area contributed by atoms with Crippen LogP contribution in [0.15, 0.2) is 0 Å². The van der Waals surface area contributed by atoms with Crippen LogP contribution in [0.1, 0.15) is 91.4 Å². The molecule has 1 saturated carbocycles. The molecule has 0 N–H and O–H groups in total. The van der Waals surface area contributed by atoms with Crippen molar-refractivity contribution < 1.29 is 9.19 Å². The van der Waals surface area contributed by atoms with E-state index in [-0.39, 0.29) is 4.70 Å². The standard InChI is InChI=1S/C18H38N.FH/c1-4-7-15-19(16-8-5-2,17-9-6-3)18-13-11-10-12-14-18;/h18H,4-17H2,1-3H3;1H/q+1;/p-1. The van der Waals surface area contributed by atoms with Crippen molar-refractivity contribution in [2.75, 3.05) is 19.6 Å². The Labute approximate surface area is 127 Å². The molecule has 0 heterocycles. The molecule has 2 heteroatoms. The van der Waals surface area contributed by atoms with E-state index in [0.717, 1.165) is 6.04 Å². The molecule has 0 spiro atoms. The largest absolute Gasteiger partial charge is 1.00 e. The van der Waals surface area contributed by atoms with Gasteiger partial charge in [-0.3, -0.25) is 0 Å². The number of hydrogen-bond acceptors (Lipinski definition) is 0. The summed E-state index contributed by atoms with van der Waals surface area (Å²) in [4.78, 5) is 0. The Morgan fingerprint density at radius 3 is 1.45 bits per heavy atom. The van der Waals surface area contributed by atoms with E-state index in [1.807, 2.05) is 0 Å². The number of quaternary nitrogens is 1. The average Bonchev–Trinajstić information content (AvgIpc) is 2.48. The van der Waals surface area contributed by atoms with Crippen LogP contribution < -0.4 is 4.70 Å². The molecule has 1 rings (SSSR count). The summed E-state index contributed by atoms with van der Waals surface area (Å²) >= 11 is 0. The maximum atomic E-state index is 2.36. The minimum Gasteiger partial charge on any atom is -1.00 e. The fourth-order valence-electron chi connectivity index (χ4n) is 3.93. The molecule has 0 unspecified atom stereocenters. The molecule has 1 fully saturated rings. The second kappa shape index (κ2) is 11.5. The van der Waals surface area contributed by atoms with Crippen molar-refractivity contribution in [1.82, 2.24) is 0 Å². The lowest BCUT2D eigenvalue weighted by molar-refractivity contribution is -0.953. The van der Waals surface area contributed by atoms with Crippen LogP contribution in [0.4, 0.5) is 0 Å². The first-order valence-corrected chi connectivity index (χ1v) is 9.14. The second-order valence-corrected chi connectivity index (χ2v) is 6.74. The van der Waals surface area contributed by atoms with E-state index in [0.29, 0.717) is 0 Å². The lowest BCUT2D eigenvalue weighted by Crippen LogP contribution is -3.00. The Bertz CT molecular complexity index is 190. The first-order valence-electron chi connectivity index (χ1n) is 9.14. The minimum atomic E-state index is 0. The van der Waals surface area contributed by atoms with Gasteiger partial charge in [-0.15, -0.1) is 0 Å². The third kappa shape index (κ3) is 6.11. The third-order valence-corrected chi connectivity index (χ3v) is 5.22. The van der Waals surface area contributed by atoms with Gasteiger partial charge in [-0.1, -0.05) is 46.5 Å². The van der Waals surface area contributed by atoms with Crippen molar-refractivity contribution in [2.24, 2.45) is 0 Å². The van der Waals surface area contributed by atoms with Gasteiger partial charge >= 0.3 is 0 Å². The van der Waals surface area contributed by atoms with E-state index < -0.39 is 0 Å². The quantitative estimate of drug-likeness (QED) is 0.542. The van der Waals surface area contributed by atoms with Crippen LogP contribution in [0.5, 0.6) is 0 Å². The maximum Gasteiger partial charge on any atom is 0.0890 e. The summed E-state index contributed by atoms with van der Waals surface area (Å²) in [6, 6.07) is 0.999. The molecule has 0 atom stereocenters. The molecule has 20 heavy (non-hydrogen) atoms. The van der Waals surface area contributed by atoms with Gasteiger partial charge < -0.3 is 9.19 Å². The van der Waals surface area contributed by atoms with Crippen LogP contribution in [0, 0.1) is 0 Å². The Morgan fingerprint density at radius 2 is 1.10 bits per heavy atom. The molecule has 0 aromatic rings. The lowest BCUT2D eigenvalue weighted by atomic mass is 9.91. The zero-order valence-corrected chi connectivity index (χ0v) is 14.3. The molecule has 0 bridgehead atoms. The number of rotatable bonds is 10. The monoisotopic (exact) mass is 287 g/mol. The third-order valence-electron chi connectivity index (χ3n) is 5.22. The molecular weight excluding hydrogens is 249 g/mol. The van der Waals surface area contributed by atoms with Crippen LogP contribution >= 0.6 is 0 Å². The zero-order valence-electron chi connectivity index (χ0n) is 14.3. The van der Waals surface area contributed by atoms with Crippen molar-refractivity contribution >= 4 is 0 Å². The highest BCUT2D eigenvalue weighted by Gasteiger charge is 2.35. The smallest absolute Gasteiger partial charge is 0.0890 e. The molecule has 0 saturated heterocycles. The van der Waals surface area contributed by atoms with Crippen molar-refractivity contribution in [3.63, 3.8) is 0 Å². The molecule has 1 aliphatic carbocycles. The van der Waals surface area contributed by atoms with Crippen LogP contribution in [-0.4, -0.2) is 30.2 Å². The van der Waals surface area contributed by atoms with Gasteiger partial charge in [-0.2, -0.15) is 0 Å². The summed E-state index contributed by atoms with van der Waals surface area (Å²) in [6.45, 7) is 11.4. The molecular formula is C18H38FN. The van der Waals surface area contributed by atoms with Crippen LogP contribution in [-0.2, 0) is 0 Å². The molecule has 0 aliphatic heterocycles. The first kappa shape index (κ1) is 19.9. The van der Waals surface area contributed by atoms with Gasteiger partial charge in [-0.25, -0.2) is 0 Å². The minimum absolute atomic E-state index is 0. The summed E-state index contributed by atoms with van der Waals surface area (Å²) in [5, 5.41) is 0. The number of halogens is 1. The Balaban J connectivity index is 0.00000361. The topological polar surface area (TPSA) is 0 Å². The van der Waals surface area contributed by atoms with E-state index >= 15 is 0 Å². The summed E-state index contributed by atoms with van der Waals surface area (Å²) in [6.07, 6.45) is 15.9.